The number of allylic oxidation sites excluding steroid dienone is 11. The first-order valence-corrected chi connectivity index (χ1v) is 35.7. The van der Waals surface area contributed by atoms with Crippen molar-refractivity contribution in [3.63, 3.8) is 0 Å². The molecule has 0 bridgehead atoms. The van der Waals surface area contributed by atoms with Gasteiger partial charge in [0.2, 0.25) is 5.91 Å². The SMILES string of the molecule is CC/C=C/C/C=C/C/C=C/CCCCCCCCC(=O)NC(COP(=O)([O-])OCC[N+](C)(C)C)C(/C=C\CCCCCCCCCCCC)OC(=O)CCCCCCCCCCCCCCCCCCC/C=C\C/C=C\CCCCC. The first-order valence-electron chi connectivity index (χ1n) is 34.2. The van der Waals surface area contributed by atoms with Crippen LogP contribution < -0.4 is 10.2 Å². The third-order valence-electron chi connectivity index (χ3n) is 15.1. The fraction of sp³-hybridized carbons (Fsp3) is 0.803. The van der Waals surface area contributed by atoms with Crippen molar-refractivity contribution in [1.29, 1.82) is 0 Å². The molecule has 0 aliphatic heterocycles. The van der Waals surface area contributed by atoms with E-state index in [0.717, 1.165) is 109 Å². The highest BCUT2D eigenvalue weighted by atomic mass is 31.2. The van der Waals surface area contributed by atoms with Gasteiger partial charge in [-0.25, -0.2) is 0 Å². The van der Waals surface area contributed by atoms with Gasteiger partial charge in [-0.2, -0.15) is 0 Å². The first-order chi connectivity index (χ1) is 39.4. The minimum absolute atomic E-state index is 0.0261. The Kier molecular flexibility index (Phi) is 58.7. The monoisotopic (exact) mass is 1150 g/mol. The number of esters is 1. The topological polar surface area (TPSA) is 114 Å². The predicted molar refractivity (Wildman–Crippen MR) is 348 cm³/mol. The van der Waals surface area contributed by atoms with Crippen LogP contribution in [-0.2, 0) is 27.9 Å². The second-order valence-electron chi connectivity index (χ2n) is 24.3. The number of likely N-dealkylation sites (N-methyl/N-ethyl adjacent to an activating group) is 1. The summed E-state index contributed by atoms with van der Waals surface area (Å²) in [6, 6.07) is -0.897. The van der Waals surface area contributed by atoms with E-state index in [2.05, 4.69) is 86.8 Å². The van der Waals surface area contributed by atoms with Gasteiger partial charge in [-0.1, -0.05) is 280 Å². The van der Waals surface area contributed by atoms with Gasteiger partial charge in [0.1, 0.15) is 19.3 Å². The number of carbonyl (C=O) groups excluding carboxylic acids is 2. The fourth-order valence-electron chi connectivity index (χ4n) is 9.86. The highest BCUT2D eigenvalue weighted by Gasteiger charge is 2.27. The molecule has 0 saturated carbocycles. The summed E-state index contributed by atoms with van der Waals surface area (Å²) in [6.45, 7) is 6.72. The largest absolute Gasteiger partial charge is 0.756 e. The minimum Gasteiger partial charge on any atom is -0.756 e. The summed E-state index contributed by atoms with van der Waals surface area (Å²) in [7, 11) is 1.18. The summed E-state index contributed by atoms with van der Waals surface area (Å²) in [5.74, 6) is -0.548. The molecule has 472 valence electrons. The van der Waals surface area contributed by atoms with E-state index >= 15 is 0 Å². The summed E-state index contributed by atoms with van der Waals surface area (Å²) in [6.07, 6.45) is 78.8. The van der Waals surface area contributed by atoms with Gasteiger partial charge >= 0.3 is 5.97 Å². The summed E-state index contributed by atoms with van der Waals surface area (Å²) < 4.78 is 30.4. The quantitative estimate of drug-likeness (QED) is 0.0212. The number of carbonyl (C=O) groups is 2. The van der Waals surface area contributed by atoms with E-state index < -0.39 is 26.6 Å². The van der Waals surface area contributed by atoms with Crippen molar-refractivity contribution in [1.82, 2.24) is 5.32 Å². The molecule has 0 fully saturated rings. The number of nitrogens with zero attached hydrogens (tertiary/aromatic N) is 1. The van der Waals surface area contributed by atoms with E-state index in [1.165, 1.54) is 173 Å². The molecule has 0 aromatic rings. The molecule has 0 aromatic heterocycles. The van der Waals surface area contributed by atoms with Crippen LogP contribution in [0.2, 0.25) is 0 Å². The van der Waals surface area contributed by atoms with Crippen LogP contribution in [0, 0.1) is 0 Å². The molecule has 0 rings (SSSR count). The number of phosphoric acid groups is 1. The first kappa shape index (κ1) is 78.5. The molecule has 0 radical (unpaired) electrons. The standard InChI is InChI=1S/C71H131N2O7P/c1-7-10-13-16-19-22-25-28-30-32-33-34-35-36-37-38-39-40-41-42-44-46-49-52-55-58-61-64-71(75)80-69(62-59-56-53-50-47-27-24-21-18-15-12-9-3)68(67-79-81(76,77)78-66-65-73(4,5)6)72-70(74)63-60-57-54-51-48-45-43-31-29-26-23-20-17-14-11-8-2/h11,14,19-20,22-23,28-31,59,62,68-69H,7-10,12-13,15-18,21,24-27,32-58,60-61,63-67H2,1-6H3,(H-,72,74,76,77)/b14-11+,22-19-,23-20+,30-28-,31-29+,62-59-. The van der Waals surface area contributed by atoms with E-state index in [9.17, 15) is 19.0 Å². The number of ether oxygens (including phenoxy) is 1. The molecule has 0 heterocycles. The Labute approximate surface area is 502 Å². The molecule has 0 aromatic carbocycles. The van der Waals surface area contributed by atoms with Gasteiger partial charge in [-0.15, -0.1) is 0 Å². The lowest BCUT2D eigenvalue weighted by molar-refractivity contribution is -0.870. The Morgan fingerprint density at radius 3 is 1.21 bits per heavy atom. The molecule has 1 N–H and O–H groups in total. The van der Waals surface area contributed by atoms with E-state index in [-0.39, 0.29) is 24.9 Å². The fourth-order valence-corrected chi connectivity index (χ4v) is 10.6. The van der Waals surface area contributed by atoms with Crippen LogP contribution >= 0.6 is 7.82 Å². The van der Waals surface area contributed by atoms with E-state index in [1.54, 1.807) is 0 Å². The molecule has 0 aliphatic rings. The lowest BCUT2D eigenvalue weighted by atomic mass is 10.0. The third-order valence-corrected chi connectivity index (χ3v) is 16.1. The van der Waals surface area contributed by atoms with Crippen LogP contribution in [0.25, 0.3) is 0 Å². The average Bonchev–Trinajstić information content (AvgIpc) is 3.44. The molecule has 10 heteroatoms. The van der Waals surface area contributed by atoms with Crippen LogP contribution in [0.4, 0.5) is 0 Å². The zero-order valence-electron chi connectivity index (χ0n) is 54.0. The number of unbranched alkanes of at least 4 members (excludes halogenated alkanes) is 36. The number of hydrogen-bond acceptors (Lipinski definition) is 7. The van der Waals surface area contributed by atoms with E-state index in [1.807, 2.05) is 33.3 Å². The van der Waals surface area contributed by atoms with Gasteiger partial charge < -0.3 is 28.5 Å². The van der Waals surface area contributed by atoms with Gasteiger partial charge in [0.15, 0.2) is 0 Å². The van der Waals surface area contributed by atoms with Crippen molar-refractivity contribution in [2.45, 2.75) is 328 Å². The highest BCUT2D eigenvalue weighted by Crippen LogP contribution is 2.38. The second kappa shape index (κ2) is 60.6. The second-order valence-corrected chi connectivity index (χ2v) is 25.7. The maximum absolute atomic E-state index is 13.5. The number of hydrogen-bond donors (Lipinski definition) is 1. The third kappa shape index (κ3) is 61.8. The number of phosphoric ester groups is 1. The van der Waals surface area contributed by atoms with Crippen molar-refractivity contribution in [2.24, 2.45) is 0 Å². The van der Waals surface area contributed by atoms with Crippen LogP contribution in [0.15, 0.2) is 72.9 Å². The molecule has 9 nitrogen and oxygen atoms in total. The molecule has 0 spiro atoms. The Hall–Kier alpha value is -2.55. The van der Waals surface area contributed by atoms with Crippen LogP contribution in [0.5, 0.6) is 0 Å². The Balaban J connectivity index is 5.02. The Morgan fingerprint density at radius 1 is 0.444 bits per heavy atom. The van der Waals surface area contributed by atoms with Crippen molar-refractivity contribution < 1.29 is 37.3 Å². The maximum Gasteiger partial charge on any atom is 0.306 e. The van der Waals surface area contributed by atoms with Crippen LogP contribution in [-0.4, -0.2) is 69.4 Å². The Morgan fingerprint density at radius 2 is 0.790 bits per heavy atom. The van der Waals surface area contributed by atoms with Gasteiger partial charge in [0.05, 0.1) is 33.8 Å². The van der Waals surface area contributed by atoms with Crippen molar-refractivity contribution in [2.75, 3.05) is 40.9 Å². The summed E-state index contributed by atoms with van der Waals surface area (Å²) >= 11 is 0. The average molecular weight is 1160 g/mol. The van der Waals surface area contributed by atoms with Gasteiger partial charge in [0, 0.05) is 12.8 Å². The summed E-state index contributed by atoms with van der Waals surface area (Å²) in [5, 5.41) is 3.03. The molecule has 1 amide bonds. The highest BCUT2D eigenvalue weighted by molar-refractivity contribution is 7.45. The molecular formula is C71H131N2O7P. The lowest BCUT2D eigenvalue weighted by Gasteiger charge is -2.30. The molecule has 3 atom stereocenters. The number of nitrogens with one attached hydrogen (secondary N) is 1. The minimum atomic E-state index is -4.71. The van der Waals surface area contributed by atoms with Crippen molar-refractivity contribution in [3.05, 3.63) is 72.9 Å². The van der Waals surface area contributed by atoms with Gasteiger partial charge in [-0.3, -0.25) is 14.2 Å². The van der Waals surface area contributed by atoms with Crippen LogP contribution in [0.3, 0.4) is 0 Å². The van der Waals surface area contributed by atoms with E-state index in [4.69, 9.17) is 13.8 Å². The molecule has 0 saturated heterocycles. The normalized spacial score (nSPS) is 14.0. The number of rotatable bonds is 62. The molecular weight excluding hydrogens is 1020 g/mol. The summed E-state index contributed by atoms with van der Waals surface area (Å²) in [4.78, 5) is 40.1. The number of quaternary nitrogens is 1. The molecule has 0 aliphatic carbocycles. The molecule has 81 heavy (non-hydrogen) atoms. The van der Waals surface area contributed by atoms with Gasteiger partial charge in [-0.05, 0) is 96.0 Å². The van der Waals surface area contributed by atoms with Crippen molar-refractivity contribution >= 4 is 19.7 Å². The van der Waals surface area contributed by atoms with E-state index in [0.29, 0.717) is 17.4 Å². The predicted octanol–water partition coefficient (Wildman–Crippen LogP) is 20.9. The zero-order chi connectivity index (χ0) is 59.3. The number of amides is 1. The zero-order valence-corrected chi connectivity index (χ0v) is 54.9. The maximum atomic E-state index is 13.5. The Bertz CT molecular complexity index is 1620. The van der Waals surface area contributed by atoms with Gasteiger partial charge in [0.25, 0.3) is 7.82 Å². The lowest BCUT2D eigenvalue weighted by Crippen LogP contribution is -2.47. The van der Waals surface area contributed by atoms with Crippen LogP contribution in [0.1, 0.15) is 316 Å². The smallest absolute Gasteiger partial charge is 0.306 e. The summed E-state index contributed by atoms with van der Waals surface area (Å²) in [5.41, 5.74) is 0. The molecule has 3 unspecified atom stereocenters. The van der Waals surface area contributed by atoms with Crippen molar-refractivity contribution in [3.8, 4) is 0 Å².